The molecule has 0 saturated carbocycles. The Kier molecular flexibility index (Phi) is 6.84. The van der Waals surface area contributed by atoms with Gasteiger partial charge >= 0.3 is 0 Å². The number of nitrogens with one attached hydrogen (secondary N) is 2. The molecular formula is C20H21N3O4S2. The van der Waals surface area contributed by atoms with Crippen molar-refractivity contribution in [1.29, 1.82) is 0 Å². The molecule has 0 radical (unpaired) electrons. The second-order valence-electron chi connectivity index (χ2n) is 6.15. The average molecular weight is 432 g/mol. The monoisotopic (exact) mass is 431 g/mol. The summed E-state index contributed by atoms with van der Waals surface area (Å²) in [6, 6.07) is 15.6. The van der Waals surface area contributed by atoms with Crippen LogP contribution in [0.3, 0.4) is 0 Å². The number of anilines is 1. The Balaban J connectivity index is 1.51. The van der Waals surface area contributed by atoms with Crippen molar-refractivity contribution in [3.8, 4) is 5.75 Å². The molecule has 0 saturated heterocycles. The summed E-state index contributed by atoms with van der Waals surface area (Å²) in [6.45, 7) is 0.377. The first kappa shape index (κ1) is 20.8. The van der Waals surface area contributed by atoms with E-state index < -0.39 is 10.0 Å². The maximum atomic E-state index is 12.3. The Morgan fingerprint density at radius 1 is 1.10 bits per heavy atom. The molecule has 0 spiro atoms. The number of aromatic nitrogens is 1. The van der Waals surface area contributed by atoms with E-state index in [0.717, 1.165) is 11.3 Å². The number of methoxy groups -OCH3 is 1. The number of ether oxygens (including phenoxy) is 1. The third-order valence-corrected chi connectivity index (χ3v) is 6.39. The Hall–Kier alpha value is -2.91. The van der Waals surface area contributed by atoms with Gasteiger partial charge in [-0.15, -0.1) is 11.3 Å². The molecule has 1 heterocycles. The average Bonchev–Trinajstić information content (AvgIpc) is 3.18. The fourth-order valence-corrected chi connectivity index (χ4v) is 4.63. The van der Waals surface area contributed by atoms with Crippen molar-refractivity contribution in [2.45, 2.75) is 24.3 Å². The summed E-state index contributed by atoms with van der Waals surface area (Å²) >= 11 is 1.19. The van der Waals surface area contributed by atoms with Crippen LogP contribution in [0, 0.1) is 0 Å². The first-order chi connectivity index (χ1) is 14.0. The van der Waals surface area contributed by atoms with Crippen molar-refractivity contribution in [2.75, 3.05) is 11.8 Å². The minimum Gasteiger partial charge on any atom is -0.496 e. The Bertz CT molecular complexity index is 1070. The fourth-order valence-electron chi connectivity index (χ4n) is 2.62. The maximum Gasteiger partial charge on any atom is 0.263 e. The molecule has 3 aromatic rings. The highest BCUT2D eigenvalue weighted by molar-refractivity contribution is 7.93. The largest absolute Gasteiger partial charge is 0.496 e. The van der Waals surface area contributed by atoms with Gasteiger partial charge in [-0.25, -0.2) is 13.4 Å². The van der Waals surface area contributed by atoms with Crippen molar-refractivity contribution >= 4 is 32.4 Å². The van der Waals surface area contributed by atoms with E-state index >= 15 is 0 Å². The molecule has 7 nitrogen and oxygen atoms in total. The van der Waals surface area contributed by atoms with Gasteiger partial charge in [0.1, 0.15) is 5.75 Å². The number of benzene rings is 2. The topological polar surface area (TPSA) is 97.4 Å². The summed E-state index contributed by atoms with van der Waals surface area (Å²) in [4.78, 5) is 16.6. The highest BCUT2D eigenvalue weighted by Gasteiger charge is 2.16. The summed E-state index contributed by atoms with van der Waals surface area (Å²) in [6.07, 6.45) is 0.672. The molecule has 29 heavy (non-hydrogen) atoms. The number of amides is 1. The summed E-state index contributed by atoms with van der Waals surface area (Å²) in [5, 5.41) is 4.88. The lowest BCUT2D eigenvalue weighted by Crippen LogP contribution is -2.23. The van der Waals surface area contributed by atoms with Gasteiger partial charge in [-0.3, -0.25) is 9.52 Å². The van der Waals surface area contributed by atoms with Crippen LogP contribution in [-0.2, 0) is 27.8 Å². The van der Waals surface area contributed by atoms with Crippen molar-refractivity contribution in [2.24, 2.45) is 0 Å². The van der Waals surface area contributed by atoms with Crippen LogP contribution >= 0.6 is 11.3 Å². The van der Waals surface area contributed by atoms with Gasteiger partial charge in [0.2, 0.25) is 5.91 Å². The van der Waals surface area contributed by atoms with Gasteiger partial charge in [-0.1, -0.05) is 36.4 Å². The molecule has 0 fully saturated rings. The zero-order valence-corrected chi connectivity index (χ0v) is 17.4. The van der Waals surface area contributed by atoms with Crippen LogP contribution in [0.4, 0.5) is 5.13 Å². The first-order valence-electron chi connectivity index (χ1n) is 8.89. The molecular weight excluding hydrogens is 410 g/mol. The molecule has 0 bridgehead atoms. The van der Waals surface area contributed by atoms with Gasteiger partial charge in [0.25, 0.3) is 10.0 Å². The quantitative estimate of drug-likeness (QED) is 0.542. The Morgan fingerprint density at radius 2 is 1.83 bits per heavy atom. The molecule has 0 unspecified atom stereocenters. The van der Waals surface area contributed by atoms with Crippen molar-refractivity contribution in [1.82, 2.24) is 10.3 Å². The fraction of sp³-hybridized carbons (Fsp3) is 0.200. The number of carbonyl (C=O) groups is 1. The molecule has 2 aromatic carbocycles. The van der Waals surface area contributed by atoms with E-state index in [4.69, 9.17) is 4.74 Å². The van der Waals surface area contributed by atoms with Gasteiger partial charge in [-0.05, 0) is 24.6 Å². The highest BCUT2D eigenvalue weighted by atomic mass is 32.2. The number of thiazole rings is 1. The van der Waals surface area contributed by atoms with E-state index in [2.05, 4.69) is 15.0 Å². The Labute approximate surface area is 173 Å². The standard InChI is InChI=1S/C20H21N3O4S2/c1-27-18-10-6-5-7-15(18)13-21-19(24)12-11-16-14-28-20(22-16)23-29(25,26)17-8-3-2-4-9-17/h2-10,14H,11-13H2,1H3,(H,21,24)(H,22,23). The smallest absolute Gasteiger partial charge is 0.263 e. The van der Waals surface area contributed by atoms with Crippen LogP contribution in [-0.4, -0.2) is 26.4 Å². The number of rotatable bonds is 9. The predicted octanol–water partition coefficient (Wildman–Crippen LogP) is 3.20. The van der Waals surface area contributed by atoms with Crippen molar-refractivity contribution < 1.29 is 17.9 Å². The molecule has 9 heteroatoms. The van der Waals surface area contributed by atoms with Gasteiger partial charge in [0, 0.05) is 23.9 Å². The van der Waals surface area contributed by atoms with E-state index in [0.29, 0.717) is 18.7 Å². The van der Waals surface area contributed by atoms with E-state index in [1.54, 1.807) is 30.7 Å². The molecule has 1 aromatic heterocycles. The number of hydrogen-bond acceptors (Lipinski definition) is 6. The lowest BCUT2D eigenvalue weighted by molar-refractivity contribution is -0.121. The molecule has 0 aliphatic rings. The number of para-hydroxylation sites is 1. The Morgan fingerprint density at radius 3 is 2.59 bits per heavy atom. The molecule has 0 aliphatic carbocycles. The third-order valence-electron chi connectivity index (χ3n) is 4.10. The molecule has 3 rings (SSSR count). The summed E-state index contributed by atoms with van der Waals surface area (Å²) in [7, 11) is -2.08. The molecule has 0 atom stereocenters. The van der Waals surface area contributed by atoms with Crippen LogP contribution in [0.25, 0.3) is 0 Å². The second-order valence-corrected chi connectivity index (χ2v) is 8.69. The lowest BCUT2D eigenvalue weighted by atomic mass is 10.2. The van der Waals surface area contributed by atoms with Gasteiger partial charge in [0.15, 0.2) is 5.13 Å². The normalized spacial score (nSPS) is 11.1. The molecule has 0 aliphatic heterocycles. The molecule has 1 amide bonds. The van der Waals surface area contributed by atoms with Crippen LogP contribution < -0.4 is 14.8 Å². The number of aryl methyl sites for hydroxylation is 1. The van der Waals surface area contributed by atoms with E-state index in [9.17, 15) is 13.2 Å². The zero-order chi connectivity index (χ0) is 20.7. The van der Waals surface area contributed by atoms with Crippen molar-refractivity contribution in [3.63, 3.8) is 0 Å². The lowest BCUT2D eigenvalue weighted by Gasteiger charge is -2.09. The number of hydrogen-bond donors (Lipinski definition) is 2. The summed E-state index contributed by atoms with van der Waals surface area (Å²) in [5.41, 5.74) is 1.56. The summed E-state index contributed by atoms with van der Waals surface area (Å²) < 4.78 is 32.4. The zero-order valence-electron chi connectivity index (χ0n) is 15.8. The minimum absolute atomic E-state index is 0.115. The van der Waals surface area contributed by atoms with Crippen molar-refractivity contribution in [3.05, 3.63) is 71.2 Å². The molecule has 152 valence electrons. The van der Waals surface area contributed by atoms with Crippen LogP contribution in [0.5, 0.6) is 5.75 Å². The minimum atomic E-state index is -3.67. The first-order valence-corrected chi connectivity index (χ1v) is 11.2. The highest BCUT2D eigenvalue weighted by Crippen LogP contribution is 2.21. The van der Waals surface area contributed by atoms with Crippen LogP contribution in [0.15, 0.2) is 64.9 Å². The van der Waals surface area contributed by atoms with E-state index in [1.165, 1.54) is 23.5 Å². The van der Waals surface area contributed by atoms with Gasteiger partial charge in [-0.2, -0.15) is 0 Å². The maximum absolute atomic E-state index is 12.3. The van der Waals surface area contributed by atoms with Gasteiger partial charge in [0.05, 0.1) is 17.7 Å². The van der Waals surface area contributed by atoms with Crippen LogP contribution in [0.1, 0.15) is 17.7 Å². The molecule has 2 N–H and O–H groups in total. The second kappa shape index (κ2) is 9.53. The SMILES string of the molecule is COc1ccccc1CNC(=O)CCc1csc(NS(=O)(=O)c2ccccc2)n1. The van der Waals surface area contributed by atoms with E-state index in [-0.39, 0.29) is 22.4 Å². The number of carbonyl (C=O) groups excluding carboxylic acids is 1. The number of sulfonamides is 1. The van der Waals surface area contributed by atoms with Gasteiger partial charge < -0.3 is 10.1 Å². The van der Waals surface area contributed by atoms with E-state index in [1.807, 2.05) is 24.3 Å². The third kappa shape index (κ3) is 5.78. The predicted molar refractivity (Wildman–Crippen MR) is 113 cm³/mol. The summed E-state index contributed by atoms with van der Waals surface area (Å²) in [5.74, 6) is 0.609. The van der Waals surface area contributed by atoms with Crippen LogP contribution in [0.2, 0.25) is 0 Å². The number of nitrogens with zero attached hydrogens (tertiary/aromatic N) is 1.